The Morgan fingerprint density at radius 2 is 1.18 bits per heavy atom. The van der Waals surface area contributed by atoms with Gasteiger partial charge in [0.25, 0.3) is 0 Å². The second-order valence-corrected chi connectivity index (χ2v) is 7.12. The number of allylic oxidation sites excluding steroid dienone is 1. The highest BCUT2D eigenvalue weighted by Crippen LogP contribution is 2.30. The molecule has 0 N–H and O–H groups in total. The molecule has 3 rings (SSSR count). The molecule has 2 aliphatic rings. The molecule has 2 aliphatic carbocycles. The van der Waals surface area contributed by atoms with Gasteiger partial charge in [-0.1, -0.05) is 82.1 Å². The maximum atomic E-state index is 2.41. The molecule has 0 nitrogen and oxygen atoms in total. The third-order valence-electron chi connectivity index (χ3n) is 5.40. The molecule has 22 heavy (non-hydrogen) atoms. The van der Waals surface area contributed by atoms with Crippen molar-refractivity contribution in [1.82, 2.24) is 0 Å². The lowest BCUT2D eigenvalue weighted by molar-refractivity contribution is 0.549. The number of fused-ring (bicyclic) bond motifs is 3. The topological polar surface area (TPSA) is 0 Å². The van der Waals surface area contributed by atoms with Crippen molar-refractivity contribution in [3.8, 4) is 0 Å². The predicted molar refractivity (Wildman–Crippen MR) is 97.1 cm³/mol. The van der Waals surface area contributed by atoms with E-state index >= 15 is 0 Å². The Morgan fingerprint density at radius 3 is 1.86 bits per heavy atom. The molecular formula is C22H31. The molecule has 0 aromatic heterocycles. The van der Waals surface area contributed by atoms with Crippen LogP contribution >= 0.6 is 0 Å². The molecule has 0 saturated heterocycles. The van der Waals surface area contributed by atoms with Gasteiger partial charge in [-0.3, -0.25) is 0 Å². The Hall–Kier alpha value is -1.04. The molecule has 0 amide bonds. The lowest BCUT2D eigenvalue weighted by Gasteiger charge is -2.14. The van der Waals surface area contributed by atoms with Crippen molar-refractivity contribution in [2.24, 2.45) is 0 Å². The summed E-state index contributed by atoms with van der Waals surface area (Å²) in [5.74, 6) is 0. The molecule has 0 aliphatic heterocycles. The standard InChI is InChI=1S/C22H31/c1-2-4-6-8-10-13-19-17-18-20-14-12-16-22(20)21(19)15-11-9-7-5-3-1/h12,14,16-18H,1-11,13,15H2. The van der Waals surface area contributed by atoms with Crippen molar-refractivity contribution in [1.29, 1.82) is 0 Å². The molecule has 1 aromatic carbocycles. The van der Waals surface area contributed by atoms with Crippen LogP contribution in [0.3, 0.4) is 0 Å². The van der Waals surface area contributed by atoms with Gasteiger partial charge in [0.1, 0.15) is 0 Å². The van der Waals surface area contributed by atoms with Gasteiger partial charge >= 0.3 is 0 Å². The fraction of sp³-hybridized carbons (Fsp3) is 0.591. The molecule has 1 radical (unpaired) electrons. The molecule has 0 saturated carbocycles. The van der Waals surface area contributed by atoms with Crippen molar-refractivity contribution < 1.29 is 0 Å². The maximum Gasteiger partial charge on any atom is 0.0131 e. The van der Waals surface area contributed by atoms with Gasteiger partial charge in [0.15, 0.2) is 0 Å². The van der Waals surface area contributed by atoms with E-state index in [4.69, 9.17) is 0 Å². The van der Waals surface area contributed by atoms with Crippen LogP contribution in [0.5, 0.6) is 0 Å². The van der Waals surface area contributed by atoms with E-state index in [0.717, 1.165) is 0 Å². The lowest BCUT2D eigenvalue weighted by Crippen LogP contribution is -2.00. The van der Waals surface area contributed by atoms with Gasteiger partial charge < -0.3 is 0 Å². The monoisotopic (exact) mass is 295 g/mol. The van der Waals surface area contributed by atoms with Crippen LogP contribution in [0.1, 0.15) is 92.9 Å². The summed E-state index contributed by atoms with van der Waals surface area (Å²) in [4.78, 5) is 0. The van der Waals surface area contributed by atoms with E-state index in [1.165, 1.54) is 94.6 Å². The fourth-order valence-electron chi connectivity index (χ4n) is 4.06. The van der Waals surface area contributed by atoms with Gasteiger partial charge in [-0.25, -0.2) is 0 Å². The number of rotatable bonds is 0. The van der Waals surface area contributed by atoms with Crippen LogP contribution in [0, 0.1) is 6.42 Å². The van der Waals surface area contributed by atoms with Gasteiger partial charge in [0, 0.05) is 6.42 Å². The van der Waals surface area contributed by atoms with Crippen LogP contribution in [0.4, 0.5) is 0 Å². The highest BCUT2D eigenvalue weighted by Gasteiger charge is 2.14. The van der Waals surface area contributed by atoms with Crippen LogP contribution in [0.25, 0.3) is 6.08 Å². The molecule has 0 fully saturated rings. The normalized spacial score (nSPS) is 20.7. The summed E-state index contributed by atoms with van der Waals surface area (Å²) in [6, 6.07) is 4.75. The average molecular weight is 295 g/mol. The molecule has 0 unspecified atom stereocenters. The number of aryl methyl sites for hydroxylation is 1. The zero-order valence-corrected chi connectivity index (χ0v) is 14.1. The molecule has 0 atom stereocenters. The van der Waals surface area contributed by atoms with E-state index < -0.39 is 0 Å². The molecule has 119 valence electrons. The minimum atomic E-state index is 1.29. The summed E-state index contributed by atoms with van der Waals surface area (Å²) in [7, 11) is 0. The van der Waals surface area contributed by atoms with Crippen molar-refractivity contribution >= 4 is 6.08 Å². The van der Waals surface area contributed by atoms with Gasteiger partial charge in [-0.05, 0) is 47.9 Å². The first-order chi connectivity index (χ1) is 10.9. The first-order valence-electron chi connectivity index (χ1n) is 9.61. The molecule has 1 aromatic rings. The second-order valence-electron chi connectivity index (χ2n) is 7.12. The highest BCUT2D eigenvalue weighted by molar-refractivity contribution is 5.69. The van der Waals surface area contributed by atoms with Gasteiger partial charge in [-0.15, -0.1) is 0 Å². The van der Waals surface area contributed by atoms with Crippen LogP contribution in [-0.2, 0) is 12.8 Å². The summed E-state index contributed by atoms with van der Waals surface area (Å²) in [6.07, 6.45) is 25.2. The third kappa shape index (κ3) is 4.24. The molecular weight excluding hydrogens is 264 g/mol. The van der Waals surface area contributed by atoms with Gasteiger partial charge in [0.2, 0.25) is 0 Å². The first-order valence-corrected chi connectivity index (χ1v) is 9.61. The Bertz CT molecular complexity index is 495. The van der Waals surface area contributed by atoms with Crippen molar-refractivity contribution in [3.63, 3.8) is 0 Å². The van der Waals surface area contributed by atoms with Crippen molar-refractivity contribution in [3.05, 3.63) is 46.9 Å². The summed E-state index contributed by atoms with van der Waals surface area (Å²) < 4.78 is 0. The zero-order chi connectivity index (χ0) is 15.0. The Kier molecular flexibility index (Phi) is 6.16. The quantitative estimate of drug-likeness (QED) is 0.502. The molecule has 0 bridgehead atoms. The summed E-state index contributed by atoms with van der Waals surface area (Å²) in [6.45, 7) is 0. The highest BCUT2D eigenvalue weighted by atomic mass is 14.2. The molecule has 0 heteroatoms. The maximum absolute atomic E-state index is 2.41. The van der Waals surface area contributed by atoms with Crippen molar-refractivity contribution in [2.45, 2.75) is 83.5 Å². The summed E-state index contributed by atoms with van der Waals surface area (Å²) in [5.41, 5.74) is 6.27. The van der Waals surface area contributed by atoms with Crippen LogP contribution in [-0.4, -0.2) is 0 Å². The van der Waals surface area contributed by atoms with E-state index in [1.807, 2.05) is 0 Å². The van der Waals surface area contributed by atoms with Crippen molar-refractivity contribution in [2.75, 3.05) is 0 Å². The van der Waals surface area contributed by atoms with Gasteiger partial charge in [0.05, 0.1) is 0 Å². The van der Waals surface area contributed by atoms with Crippen LogP contribution in [0.2, 0.25) is 0 Å². The van der Waals surface area contributed by atoms with Crippen LogP contribution < -0.4 is 0 Å². The summed E-state index contributed by atoms with van der Waals surface area (Å²) >= 11 is 0. The smallest absolute Gasteiger partial charge is 0.0131 e. The average Bonchev–Trinajstić information content (AvgIpc) is 3.00. The van der Waals surface area contributed by atoms with E-state index in [-0.39, 0.29) is 0 Å². The lowest BCUT2D eigenvalue weighted by atomic mass is 9.91. The molecule has 0 heterocycles. The Morgan fingerprint density at radius 1 is 0.591 bits per heavy atom. The van der Waals surface area contributed by atoms with E-state index in [2.05, 4.69) is 30.7 Å². The Balaban J connectivity index is 1.70. The largest absolute Gasteiger partial charge is 0.0754 e. The fourth-order valence-corrected chi connectivity index (χ4v) is 4.06. The van der Waals surface area contributed by atoms with Gasteiger partial charge in [-0.2, -0.15) is 0 Å². The van der Waals surface area contributed by atoms with Crippen LogP contribution in [0.15, 0.2) is 18.2 Å². The minimum Gasteiger partial charge on any atom is -0.0754 e. The third-order valence-corrected chi connectivity index (χ3v) is 5.40. The second kappa shape index (κ2) is 8.56. The predicted octanol–water partition coefficient (Wildman–Crippen LogP) is 6.66. The summed E-state index contributed by atoms with van der Waals surface area (Å²) in [5, 5.41) is 0. The van der Waals surface area contributed by atoms with E-state index in [0.29, 0.717) is 0 Å². The van der Waals surface area contributed by atoms with E-state index in [9.17, 15) is 0 Å². The Labute approximate surface area is 137 Å². The minimum absolute atomic E-state index is 1.29. The van der Waals surface area contributed by atoms with E-state index in [1.54, 1.807) is 11.1 Å². The number of benzene rings is 1. The number of hydrogen-bond donors (Lipinski definition) is 0. The first kappa shape index (κ1) is 15.8. The zero-order valence-electron chi connectivity index (χ0n) is 14.1. The SMILES string of the molecule is [CH]1C=Cc2c1ccc1c2CCCCCCCCCCCCC1. The molecule has 0 spiro atoms. The number of hydrogen-bond acceptors (Lipinski definition) is 0.